The van der Waals surface area contributed by atoms with Crippen LogP contribution in [0.4, 0.5) is 5.69 Å². The van der Waals surface area contributed by atoms with Gasteiger partial charge >= 0.3 is 11.9 Å². The van der Waals surface area contributed by atoms with Crippen molar-refractivity contribution in [2.75, 3.05) is 26.1 Å². The number of amides is 3. The Hall–Kier alpha value is -3.49. The van der Waals surface area contributed by atoms with Gasteiger partial charge in [0.1, 0.15) is 6.54 Å². The Kier molecular flexibility index (Phi) is 5.76. The highest BCUT2D eigenvalue weighted by atomic mass is 16.5. The van der Waals surface area contributed by atoms with Gasteiger partial charge in [-0.25, -0.2) is 9.59 Å². The van der Waals surface area contributed by atoms with Gasteiger partial charge in [-0.3, -0.25) is 19.3 Å². The lowest BCUT2D eigenvalue weighted by atomic mass is 9.85. The number of carbonyl (C=O) groups is 5. The molecule has 3 rings (SSSR count). The molecular weight excluding hydrogens is 380 g/mol. The number of allylic oxidation sites excluding steroid dienone is 2. The molecule has 9 nitrogen and oxygen atoms in total. The number of benzene rings is 1. The number of esters is 2. The van der Waals surface area contributed by atoms with E-state index >= 15 is 0 Å². The van der Waals surface area contributed by atoms with Crippen LogP contribution in [-0.4, -0.2) is 55.3 Å². The zero-order valence-corrected chi connectivity index (χ0v) is 16.0. The van der Waals surface area contributed by atoms with Crippen LogP contribution in [0.2, 0.25) is 0 Å². The molecule has 0 radical (unpaired) electrons. The first-order valence-electron chi connectivity index (χ1n) is 8.98. The molecule has 1 N–H and O–H groups in total. The molecule has 2 aliphatic rings. The van der Waals surface area contributed by atoms with E-state index in [0.717, 1.165) is 4.90 Å². The molecular formula is C20H20N2O7. The Labute approximate surface area is 166 Å². The average molecular weight is 400 g/mol. The average Bonchev–Trinajstić information content (AvgIpc) is 2.97. The van der Waals surface area contributed by atoms with Crippen LogP contribution in [0.25, 0.3) is 0 Å². The third-order valence-electron chi connectivity index (χ3n) is 5.02. The van der Waals surface area contributed by atoms with Crippen molar-refractivity contribution in [1.29, 1.82) is 0 Å². The number of hydrogen-bond donors (Lipinski definition) is 1. The molecule has 3 amide bonds. The molecule has 9 heteroatoms. The van der Waals surface area contributed by atoms with Gasteiger partial charge in [0.15, 0.2) is 0 Å². The predicted molar refractivity (Wildman–Crippen MR) is 99.8 cm³/mol. The first kappa shape index (κ1) is 20.2. The summed E-state index contributed by atoms with van der Waals surface area (Å²) in [6.45, 7) is -0.478. The second-order valence-electron chi connectivity index (χ2n) is 6.71. The van der Waals surface area contributed by atoms with Gasteiger partial charge in [-0.15, -0.1) is 0 Å². The van der Waals surface area contributed by atoms with Crippen molar-refractivity contribution in [3.8, 4) is 0 Å². The van der Waals surface area contributed by atoms with Gasteiger partial charge in [0, 0.05) is 0 Å². The van der Waals surface area contributed by atoms with E-state index in [2.05, 4.69) is 14.8 Å². The summed E-state index contributed by atoms with van der Waals surface area (Å²) in [6, 6.07) is 3.95. The van der Waals surface area contributed by atoms with E-state index in [4.69, 9.17) is 0 Å². The van der Waals surface area contributed by atoms with Gasteiger partial charge < -0.3 is 14.8 Å². The zero-order valence-electron chi connectivity index (χ0n) is 16.0. The minimum atomic E-state index is -0.720. The smallest absolute Gasteiger partial charge is 0.339 e. The molecule has 1 aromatic carbocycles. The van der Waals surface area contributed by atoms with Crippen molar-refractivity contribution in [2.24, 2.45) is 11.8 Å². The van der Waals surface area contributed by atoms with Gasteiger partial charge in [-0.05, 0) is 31.0 Å². The first-order valence-corrected chi connectivity index (χ1v) is 8.98. The predicted octanol–water partition coefficient (Wildman–Crippen LogP) is 1.15. The molecule has 1 aliphatic heterocycles. The van der Waals surface area contributed by atoms with E-state index in [1.807, 2.05) is 12.2 Å². The van der Waals surface area contributed by atoms with Crippen molar-refractivity contribution >= 4 is 35.3 Å². The molecule has 0 aromatic heterocycles. The van der Waals surface area contributed by atoms with E-state index in [-0.39, 0.29) is 28.6 Å². The number of rotatable bonds is 5. The number of imide groups is 1. The molecule has 1 aromatic rings. The number of nitrogens with one attached hydrogen (secondary N) is 1. The van der Waals surface area contributed by atoms with Crippen LogP contribution >= 0.6 is 0 Å². The van der Waals surface area contributed by atoms with E-state index in [1.54, 1.807) is 0 Å². The summed E-state index contributed by atoms with van der Waals surface area (Å²) in [4.78, 5) is 62.2. The molecule has 0 saturated carbocycles. The van der Waals surface area contributed by atoms with Crippen molar-refractivity contribution in [1.82, 2.24) is 4.90 Å². The monoisotopic (exact) mass is 400 g/mol. The van der Waals surface area contributed by atoms with E-state index in [0.29, 0.717) is 12.8 Å². The van der Waals surface area contributed by atoms with E-state index in [9.17, 15) is 24.0 Å². The van der Waals surface area contributed by atoms with Crippen LogP contribution in [0.1, 0.15) is 33.6 Å². The zero-order chi connectivity index (χ0) is 21.1. The van der Waals surface area contributed by atoms with E-state index in [1.165, 1.54) is 32.4 Å². The highest BCUT2D eigenvalue weighted by molar-refractivity contribution is 6.10. The van der Waals surface area contributed by atoms with Crippen LogP contribution in [0.3, 0.4) is 0 Å². The molecule has 0 spiro atoms. The van der Waals surface area contributed by atoms with Crippen molar-refractivity contribution < 1.29 is 33.4 Å². The highest BCUT2D eigenvalue weighted by Gasteiger charge is 2.47. The summed E-state index contributed by atoms with van der Waals surface area (Å²) in [5.74, 6) is -3.68. The van der Waals surface area contributed by atoms with Crippen LogP contribution < -0.4 is 5.32 Å². The molecule has 152 valence electrons. The largest absolute Gasteiger partial charge is 0.465 e. The standard InChI is InChI=1S/C20H20N2O7/c1-28-19(26)11-7-8-14(20(27)29-2)15(9-11)21-16(23)10-22-17(24)12-5-3-4-6-13(12)18(22)25/h3-4,7-9,12-13H,5-6,10H2,1-2H3,(H,21,23)/t12-,13-/m1/s1. The lowest BCUT2D eigenvalue weighted by Crippen LogP contribution is -2.38. The van der Waals surface area contributed by atoms with Gasteiger partial charge in [-0.2, -0.15) is 0 Å². The fourth-order valence-corrected chi connectivity index (χ4v) is 3.54. The van der Waals surface area contributed by atoms with Crippen LogP contribution in [0.5, 0.6) is 0 Å². The molecule has 1 aliphatic carbocycles. The molecule has 0 bridgehead atoms. The van der Waals surface area contributed by atoms with Gasteiger partial charge in [0.05, 0.1) is 42.9 Å². The summed E-state index contributed by atoms with van der Waals surface area (Å²) in [5.41, 5.74) is 0.147. The van der Waals surface area contributed by atoms with Crippen molar-refractivity contribution in [3.63, 3.8) is 0 Å². The fraction of sp³-hybridized carbons (Fsp3) is 0.350. The second-order valence-corrected chi connectivity index (χ2v) is 6.71. The minimum absolute atomic E-state index is 0.0166. The Morgan fingerprint density at radius 1 is 1.00 bits per heavy atom. The number of ether oxygens (including phenoxy) is 2. The lowest BCUT2D eigenvalue weighted by Gasteiger charge is -2.16. The topological polar surface area (TPSA) is 119 Å². The lowest BCUT2D eigenvalue weighted by molar-refractivity contribution is -0.142. The number of carbonyl (C=O) groups excluding carboxylic acids is 5. The van der Waals surface area contributed by atoms with Gasteiger partial charge in [0.2, 0.25) is 17.7 Å². The Balaban J connectivity index is 1.79. The number of likely N-dealkylation sites (tertiary alicyclic amines) is 1. The summed E-state index contributed by atoms with van der Waals surface area (Å²) in [6.07, 6.45) is 4.66. The molecule has 0 unspecified atom stereocenters. The summed E-state index contributed by atoms with van der Waals surface area (Å²) in [5, 5.41) is 2.49. The third-order valence-corrected chi connectivity index (χ3v) is 5.02. The maximum absolute atomic E-state index is 12.5. The fourth-order valence-electron chi connectivity index (χ4n) is 3.54. The van der Waals surface area contributed by atoms with Crippen molar-refractivity contribution in [2.45, 2.75) is 12.8 Å². The van der Waals surface area contributed by atoms with Crippen LogP contribution in [-0.2, 0) is 23.9 Å². The molecule has 29 heavy (non-hydrogen) atoms. The number of hydrogen-bond acceptors (Lipinski definition) is 7. The quantitative estimate of drug-likeness (QED) is 0.447. The summed E-state index contributed by atoms with van der Waals surface area (Å²) >= 11 is 0. The SMILES string of the molecule is COC(=O)c1ccc(C(=O)OC)c(NC(=O)CN2C(=O)[C@@H]3CC=CC[C@H]3C2=O)c1. The Morgan fingerprint density at radius 2 is 1.59 bits per heavy atom. The molecule has 2 atom stereocenters. The maximum Gasteiger partial charge on any atom is 0.339 e. The maximum atomic E-state index is 12.5. The van der Waals surface area contributed by atoms with Crippen molar-refractivity contribution in [3.05, 3.63) is 41.5 Å². The van der Waals surface area contributed by atoms with E-state index < -0.39 is 36.2 Å². The summed E-state index contributed by atoms with van der Waals surface area (Å²) in [7, 11) is 2.38. The highest BCUT2D eigenvalue weighted by Crippen LogP contribution is 2.34. The molecule has 1 heterocycles. The minimum Gasteiger partial charge on any atom is -0.465 e. The first-order chi connectivity index (χ1) is 13.9. The van der Waals surface area contributed by atoms with Crippen LogP contribution in [0.15, 0.2) is 30.4 Å². The van der Waals surface area contributed by atoms with Gasteiger partial charge in [-0.1, -0.05) is 12.2 Å². The van der Waals surface area contributed by atoms with Crippen LogP contribution in [0, 0.1) is 11.8 Å². The Bertz CT molecular complexity index is 895. The number of fused-ring (bicyclic) bond motifs is 1. The normalized spacial score (nSPS) is 20.3. The Morgan fingerprint density at radius 3 is 2.14 bits per heavy atom. The number of anilines is 1. The molecule has 1 fully saturated rings. The van der Waals surface area contributed by atoms with Gasteiger partial charge in [0.25, 0.3) is 0 Å². The third kappa shape index (κ3) is 3.89. The second kappa shape index (κ2) is 8.26. The number of methoxy groups -OCH3 is 2. The summed E-state index contributed by atoms with van der Waals surface area (Å²) < 4.78 is 9.33. The number of nitrogens with zero attached hydrogens (tertiary/aromatic N) is 1. The molecule has 1 saturated heterocycles.